The van der Waals surface area contributed by atoms with Crippen molar-refractivity contribution < 1.29 is 19.9 Å². The molecule has 1 aromatic rings. The van der Waals surface area contributed by atoms with E-state index in [1.165, 1.54) is 11.6 Å². The third-order valence-corrected chi connectivity index (χ3v) is 3.34. The molecule has 0 radical (unpaired) electrons. The van der Waals surface area contributed by atoms with Gasteiger partial charge in [0.05, 0.1) is 0 Å². The summed E-state index contributed by atoms with van der Waals surface area (Å²) < 4.78 is 0. The first-order valence-electron chi connectivity index (χ1n) is 6.30. The highest BCUT2D eigenvalue weighted by molar-refractivity contribution is 6.00. The molecule has 20 heavy (non-hydrogen) atoms. The normalized spacial score (nSPS) is 16.5. The van der Waals surface area contributed by atoms with Crippen molar-refractivity contribution in [3.05, 3.63) is 35.9 Å². The summed E-state index contributed by atoms with van der Waals surface area (Å²) >= 11 is 0. The lowest BCUT2D eigenvalue weighted by molar-refractivity contribution is -0.142. The zero-order valence-corrected chi connectivity index (χ0v) is 10.8. The largest absolute Gasteiger partial charge is 0.380 e. The number of carbonyl (C=O) groups is 2. The van der Waals surface area contributed by atoms with E-state index in [4.69, 9.17) is 5.21 Å². The minimum absolute atomic E-state index is 0.434. The van der Waals surface area contributed by atoms with Crippen LogP contribution in [0.1, 0.15) is 24.8 Å². The van der Waals surface area contributed by atoms with Gasteiger partial charge in [-0.05, 0) is 37.0 Å². The minimum Gasteiger partial charge on any atom is -0.380 e. The molecule has 0 aliphatic heterocycles. The summed E-state index contributed by atoms with van der Waals surface area (Å²) in [6, 6.07) is 6.88. The van der Waals surface area contributed by atoms with E-state index in [1.54, 1.807) is 24.3 Å². The molecule has 1 fully saturated rings. The van der Waals surface area contributed by atoms with Crippen LogP contribution in [0.25, 0.3) is 6.08 Å². The molecule has 1 aliphatic carbocycles. The van der Waals surface area contributed by atoms with Crippen LogP contribution >= 0.6 is 0 Å². The molecule has 6 heteroatoms. The smallest absolute Gasteiger partial charge is 0.267 e. The van der Waals surface area contributed by atoms with Gasteiger partial charge in [0.15, 0.2) is 0 Å². The number of hydroxylamine groups is 1. The van der Waals surface area contributed by atoms with Gasteiger partial charge < -0.3 is 10.4 Å². The van der Waals surface area contributed by atoms with Crippen LogP contribution in [0.3, 0.4) is 0 Å². The Hall–Kier alpha value is -2.18. The highest BCUT2D eigenvalue weighted by Gasteiger charge is 2.42. The van der Waals surface area contributed by atoms with E-state index in [9.17, 15) is 14.7 Å². The average molecular weight is 276 g/mol. The highest BCUT2D eigenvalue weighted by atomic mass is 16.5. The van der Waals surface area contributed by atoms with Gasteiger partial charge in [0, 0.05) is 11.8 Å². The summed E-state index contributed by atoms with van der Waals surface area (Å²) in [6.07, 6.45) is 4.37. The predicted octanol–water partition coefficient (Wildman–Crippen LogP) is 1.06. The van der Waals surface area contributed by atoms with Crippen LogP contribution in [-0.4, -0.2) is 27.7 Å². The van der Waals surface area contributed by atoms with Crippen molar-refractivity contribution >= 4 is 23.6 Å². The van der Waals surface area contributed by atoms with Crippen LogP contribution in [-0.2, 0) is 9.59 Å². The molecule has 0 heterocycles. The maximum Gasteiger partial charge on any atom is 0.267 e. The van der Waals surface area contributed by atoms with Crippen LogP contribution in [0.2, 0.25) is 0 Å². The van der Waals surface area contributed by atoms with Gasteiger partial charge in [-0.25, -0.2) is 5.48 Å². The molecule has 2 amide bonds. The zero-order valence-electron chi connectivity index (χ0n) is 10.8. The van der Waals surface area contributed by atoms with Gasteiger partial charge in [-0.3, -0.25) is 14.8 Å². The van der Waals surface area contributed by atoms with Crippen molar-refractivity contribution in [3.63, 3.8) is 0 Å². The van der Waals surface area contributed by atoms with Crippen LogP contribution < -0.4 is 10.8 Å². The summed E-state index contributed by atoms with van der Waals surface area (Å²) in [6.45, 7) is 0. The van der Waals surface area contributed by atoms with Crippen LogP contribution in [0.4, 0.5) is 5.69 Å². The second-order valence-electron chi connectivity index (χ2n) is 4.74. The number of amides is 2. The first-order valence-corrected chi connectivity index (χ1v) is 6.30. The number of hydrogen-bond acceptors (Lipinski definition) is 4. The van der Waals surface area contributed by atoms with E-state index in [-0.39, 0.29) is 0 Å². The van der Waals surface area contributed by atoms with Crippen molar-refractivity contribution in [1.29, 1.82) is 0 Å². The fourth-order valence-electron chi connectivity index (χ4n) is 1.94. The second-order valence-corrected chi connectivity index (χ2v) is 4.74. The zero-order chi connectivity index (χ0) is 14.6. The molecule has 1 saturated carbocycles. The maximum absolute atomic E-state index is 12.0. The molecule has 0 bridgehead atoms. The van der Waals surface area contributed by atoms with Gasteiger partial charge in [0.25, 0.3) is 11.8 Å². The predicted molar refractivity (Wildman–Crippen MR) is 72.8 cm³/mol. The lowest BCUT2D eigenvalue weighted by Crippen LogP contribution is -2.48. The Morgan fingerprint density at radius 2 is 1.95 bits per heavy atom. The van der Waals surface area contributed by atoms with Crippen molar-refractivity contribution in [1.82, 2.24) is 5.48 Å². The number of carbonyl (C=O) groups excluding carboxylic acids is 2. The number of nitrogens with one attached hydrogen (secondary N) is 2. The number of hydrogen-bond donors (Lipinski definition) is 4. The van der Waals surface area contributed by atoms with Gasteiger partial charge in [-0.1, -0.05) is 18.2 Å². The van der Waals surface area contributed by atoms with Crippen molar-refractivity contribution in [3.8, 4) is 0 Å². The van der Waals surface area contributed by atoms with E-state index < -0.39 is 17.4 Å². The van der Waals surface area contributed by atoms with Gasteiger partial charge in [0.2, 0.25) is 0 Å². The van der Waals surface area contributed by atoms with Gasteiger partial charge in [0.1, 0.15) is 5.60 Å². The van der Waals surface area contributed by atoms with E-state index in [0.717, 1.165) is 12.5 Å². The summed E-state index contributed by atoms with van der Waals surface area (Å²) in [4.78, 5) is 22.9. The molecule has 0 saturated heterocycles. The average Bonchev–Trinajstić information content (AvgIpc) is 2.43. The highest BCUT2D eigenvalue weighted by Crippen LogP contribution is 2.33. The molecule has 6 nitrogen and oxygen atoms in total. The Morgan fingerprint density at radius 1 is 1.25 bits per heavy atom. The first kappa shape index (κ1) is 14.2. The third-order valence-electron chi connectivity index (χ3n) is 3.34. The number of benzene rings is 1. The van der Waals surface area contributed by atoms with Crippen LogP contribution in [0.5, 0.6) is 0 Å². The summed E-state index contributed by atoms with van der Waals surface area (Å²) in [7, 11) is 0. The van der Waals surface area contributed by atoms with Gasteiger partial charge in [-0.15, -0.1) is 0 Å². The number of anilines is 1. The molecule has 0 spiro atoms. The molecular weight excluding hydrogens is 260 g/mol. The van der Waals surface area contributed by atoms with E-state index >= 15 is 0 Å². The SMILES string of the molecule is O=C(/C=C/c1ccccc1NC(=O)C1(O)CCC1)NO. The fourth-order valence-corrected chi connectivity index (χ4v) is 1.94. The summed E-state index contributed by atoms with van der Waals surface area (Å²) in [5, 5.41) is 21.0. The molecule has 2 rings (SSSR count). The standard InChI is InChI=1S/C14H16N2O4/c17-12(16-20)7-6-10-4-1-2-5-11(10)15-13(18)14(19)8-3-9-14/h1-2,4-7,19-20H,3,8-9H2,(H,15,18)(H,16,17)/b7-6+. The lowest BCUT2D eigenvalue weighted by atomic mass is 9.79. The van der Waals surface area contributed by atoms with Gasteiger partial charge in [-0.2, -0.15) is 0 Å². The van der Waals surface area contributed by atoms with Gasteiger partial charge >= 0.3 is 0 Å². The maximum atomic E-state index is 12.0. The molecule has 106 valence electrons. The summed E-state index contributed by atoms with van der Waals surface area (Å²) in [5.41, 5.74) is 1.31. The van der Waals surface area contributed by atoms with Crippen molar-refractivity contribution in [2.45, 2.75) is 24.9 Å². The Balaban J connectivity index is 2.13. The van der Waals surface area contributed by atoms with Crippen LogP contribution in [0, 0.1) is 0 Å². The monoisotopic (exact) mass is 276 g/mol. The Morgan fingerprint density at radius 3 is 2.55 bits per heavy atom. The van der Waals surface area contributed by atoms with E-state index in [2.05, 4.69) is 5.32 Å². The molecule has 1 aromatic carbocycles. The lowest BCUT2D eigenvalue weighted by Gasteiger charge is -2.34. The van der Waals surface area contributed by atoms with Crippen molar-refractivity contribution in [2.24, 2.45) is 0 Å². The van der Waals surface area contributed by atoms with E-state index in [1.807, 2.05) is 0 Å². The molecule has 0 atom stereocenters. The fraction of sp³-hybridized carbons (Fsp3) is 0.286. The minimum atomic E-state index is -1.28. The Bertz CT molecular complexity index is 550. The van der Waals surface area contributed by atoms with E-state index in [0.29, 0.717) is 24.1 Å². The third kappa shape index (κ3) is 3.04. The molecule has 4 N–H and O–H groups in total. The Kier molecular flexibility index (Phi) is 4.16. The Labute approximate surface area is 116 Å². The topological polar surface area (TPSA) is 98.7 Å². The quantitative estimate of drug-likeness (QED) is 0.375. The number of para-hydroxylation sites is 1. The summed E-state index contributed by atoms with van der Waals surface area (Å²) in [5.74, 6) is -1.10. The molecular formula is C14H16N2O4. The molecule has 0 aromatic heterocycles. The van der Waals surface area contributed by atoms with Crippen molar-refractivity contribution in [2.75, 3.05) is 5.32 Å². The number of aliphatic hydroxyl groups is 1. The second kappa shape index (κ2) is 5.85. The molecule has 0 unspecified atom stereocenters. The number of rotatable bonds is 4. The first-order chi connectivity index (χ1) is 9.55. The molecule has 1 aliphatic rings. The van der Waals surface area contributed by atoms with Crippen LogP contribution in [0.15, 0.2) is 30.3 Å².